The molecule has 2 rings (SSSR count). The van der Waals surface area contributed by atoms with Crippen LogP contribution in [0.5, 0.6) is 0 Å². The van der Waals surface area contributed by atoms with Gasteiger partial charge in [0.1, 0.15) is 5.82 Å². The maximum absolute atomic E-state index is 13.4. The molecule has 1 saturated carbocycles. The highest BCUT2D eigenvalue weighted by Gasteiger charge is 2.37. The van der Waals surface area contributed by atoms with Gasteiger partial charge in [-0.05, 0) is 56.0 Å². The van der Waals surface area contributed by atoms with Gasteiger partial charge in [0.2, 0.25) is 5.92 Å². The van der Waals surface area contributed by atoms with Gasteiger partial charge in [-0.15, -0.1) is 0 Å². The van der Waals surface area contributed by atoms with Gasteiger partial charge in [-0.1, -0.05) is 15.9 Å². The van der Waals surface area contributed by atoms with E-state index in [1.165, 1.54) is 12.1 Å². The molecule has 1 aliphatic carbocycles. The van der Waals surface area contributed by atoms with E-state index in [1.807, 2.05) is 13.1 Å². The maximum Gasteiger partial charge on any atom is 0.248 e. The molecule has 1 unspecified atom stereocenters. The standard InChI is InChI=1S/C15H19BrF3N/c1-20-14(11-2-4-15(18,19)5-3-11)8-10-6-12(16)9-13(17)7-10/h6-7,9,11,14,20H,2-5,8H2,1H3. The Morgan fingerprint density at radius 1 is 1.30 bits per heavy atom. The van der Waals surface area contributed by atoms with Gasteiger partial charge in [0.25, 0.3) is 0 Å². The number of hydrogen-bond donors (Lipinski definition) is 1. The van der Waals surface area contributed by atoms with Crippen LogP contribution < -0.4 is 5.32 Å². The van der Waals surface area contributed by atoms with Gasteiger partial charge in [-0.3, -0.25) is 0 Å². The molecule has 5 heteroatoms. The summed E-state index contributed by atoms with van der Waals surface area (Å²) in [6, 6.07) is 4.91. The molecule has 1 aromatic carbocycles. The summed E-state index contributed by atoms with van der Waals surface area (Å²) >= 11 is 3.28. The highest BCUT2D eigenvalue weighted by Crippen LogP contribution is 2.38. The molecule has 0 aliphatic heterocycles. The van der Waals surface area contributed by atoms with E-state index in [2.05, 4.69) is 21.2 Å². The van der Waals surface area contributed by atoms with Crippen LogP contribution in [0.4, 0.5) is 13.2 Å². The number of nitrogens with one attached hydrogen (secondary N) is 1. The Morgan fingerprint density at radius 2 is 1.95 bits per heavy atom. The second-order valence-corrected chi connectivity index (χ2v) is 6.49. The lowest BCUT2D eigenvalue weighted by Crippen LogP contribution is -2.39. The molecule has 1 atom stereocenters. The van der Waals surface area contributed by atoms with E-state index in [4.69, 9.17) is 0 Å². The summed E-state index contributed by atoms with van der Waals surface area (Å²) in [5.41, 5.74) is 0.883. The van der Waals surface area contributed by atoms with Crippen molar-refractivity contribution in [2.45, 2.75) is 44.1 Å². The molecule has 112 valence electrons. The van der Waals surface area contributed by atoms with Crippen LogP contribution in [0.1, 0.15) is 31.2 Å². The Bertz CT molecular complexity index is 434. The third-order valence-electron chi connectivity index (χ3n) is 4.08. The summed E-state index contributed by atoms with van der Waals surface area (Å²) in [6.45, 7) is 0. The number of rotatable bonds is 4. The van der Waals surface area contributed by atoms with Crippen LogP contribution in [0.25, 0.3) is 0 Å². The lowest BCUT2D eigenvalue weighted by atomic mass is 9.80. The van der Waals surface area contributed by atoms with Crippen molar-refractivity contribution < 1.29 is 13.2 Å². The molecule has 20 heavy (non-hydrogen) atoms. The SMILES string of the molecule is CNC(Cc1cc(F)cc(Br)c1)C1CCC(F)(F)CC1. The molecule has 0 radical (unpaired) electrons. The Hall–Kier alpha value is -0.550. The average molecular weight is 350 g/mol. The smallest absolute Gasteiger partial charge is 0.248 e. The largest absolute Gasteiger partial charge is 0.316 e. The van der Waals surface area contributed by atoms with E-state index >= 15 is 0 Å². The van der Waals surface area contributed by atoms with E-state index in [0.717, 1.165) is 5.56 Å². The molecular formula is C15H19BrF3N. The van der Waals surface area contributed by atoms with Gasteiger partial charge in [0, 0.05) is 23.4 Å². The fraction of sp³-hybridized carbons (Fsp3) is 0.600. The van der Waals surface area contributed by atoms with E-state index in [9.17, 15) is 13.2 Å². The topological polar surface area (TPSA) is 12.0 Å². The Balaban J connectivity index is 2.02. The fourth-order valence-electron chi connectivity index (χ4n) is 2.95. The van der Waals surface area contributed by atoms with Gasteiger partial charge < -0.3 is 5.32 Å². The van der Waals surface area contributed by atoms with E-state index in [1.54, 1.807) is 0 Å². The number of hydrogen-bond acceptors (Lipinski definition) is 1. The normalized spacial score (nSPS) is 20.9. The summed E-state index contributed by atoms with van der Waals surface area (Å²) in [7, 11) is 1.84. The highest BCUT2D eigenvalue weighted by atomic mass is 79.9. The second kappa shape index (κ2) is 6.48. The van der Waals surface area contributed by atoms with Gasteiger partial charge in [-0.2, -0.15) is 0 Å². The Labute approximate surface area is 126 Å². The third-order valence-corrected chi connectivity index (χ3v) is 4.54. The van der Waals surface area contributed by atoms with Crippen molar-refractivity contribution in [3.8, 4) is 0 Å². The van der Waals surface area contributed by atoms with Gasteiger partial charge in [-0.25, -0.2) is 13.2 Å². The molecule has 1 aromatic rings. The molecule has 1 nitrogen and oxygen atoms in total. The molecule has 0 spiro atoms. The number of alkyl halides is 2. The van der Waals surface area contributed by atoms with Gasteiger partial charge >= 0.3 is 0 Å². The molecule has 0 heterocycles. The minimum Gasteiger partial charge on any atom is -0.316 e. The van der Waals surface area contributed by atoms with E-state index in [0.29, 0.717) is 23.7 Å². The van der Waals surface area contributed by atoms with Crippen LogP contribution in [-0.4, -0.2) is 19.0 Å². The average Bonchev–Trinajstić information content (AvgIpc) is 2.35. The van der Waals surface area contributed by atoms with Gasteiger partial charge in [0.15, 0.2) is 0 Å². The first kappa shape index (κ1) is 15.8. The Morgan fingerprint density at radius 3 is 2.50 bits per heavy atom. The predicted molar refractivity (Wildman–Crippen MR) is 77.6 cm³/mol. The van der Waals surface area contributed by atoms with Crippen LogP contribution in [-0.2, 0) is 6.42 Å². The van der Waals surface area contributed by atoms with Crippen molar-refractivity contribution in [2.75, 3.05) is 7.05 Å². The van der Waals surface area contributed by atoms with Crippen molar-refractivity contribution in [2.24, 2.45) is 5.92 Å². The quantitative estimate of drug-likeness (QED) is 0.841. The van der Waals surface area contributed by atoms with E-state index in [-0.39, 0.29) is 30.6 Å². The molecule has 0 bridgehead atoms. The molecule has 0 amide bonds. The molecular weight excluding hydrogens is 331 g/mol. The minimum absolute atomic E-state index is 0.0390. The monoisotopic (exact) mass is 349 g/mol. The number of benzene rings is 1. The summed E-state index contributed by atoms with van der Waals surface area (Å²) in [5.74, 6) is -2.56. The number of halogens is 4. The zero-order valence-electron chi connectivity index (χ0n) is 11.4. The molecule has 0 aromatic heterocycles. The lowest BCUT2D eigenvalue weighted by molar-refractivity contribution is -0.0492. The van der Waals surface area contributed by atoms with Gasteiger partial charge in [0.05, 0.1) is 0 Å². The highest BCUT2D eigenvalue weighted by molar-refractivity contribution is 9.10. The van der Waals surface area contributed by atoms with E-state index < -0.39 is 5.92 Å². The summed E-state index contributed by atoms with van der Waals surface area (Å²) in [4.78, 5) is 0. The van der Waals surface area contributed by atoms with Crippen molar-refractivity contribution in [1.29, 1.82) is 0 Å². The van der Waals surface area contributed by atoms with Crippen molar-refractivity contribution in [3.63, 3.8) is 0 Å². The summed E-state index contributed by atoms with van der Waals surface area (Å²) < 4.78 is 40.5. The summed E-state index contributed by atoms with van der Waals surface area (Å²) in [5, 5.41) is 3.20. The lowest BCUT2D eigenvalue weighted by Gasteiger charge is -2.33. The minimum atomic E-state index is -2.50. The number of likely N-dealkylation sites (N-methyl/N-ethyl adjacent to an activating group) is 1. The first-order valence-corrected chi connectivity index (χ1v) is 7.69. The molecule has 1 N–H and O–H groups in total. The molecule has 1 fully saturated rings. The van der Waals surface area contributed by atoms with Crippen molar-refractivity contribution >= 4 is 15.9 Å². The van der Waals surface area contributed by atoms with Crippen molar-refractivity contribution in [3.05, 3.63) is 34.1 Å². The van der Waals surface area contributed by atoms with Crippen LogP contribution in [0.15, 0.2) is 22.7 Å². The Kier molecular flexibility index (Phi) is 5.13. The maximum atomic E-state index is 13.4. The zero-order valence-corrected chi connectivity index (χ0v) is 13.0. The van der Waals surface area contributed by atoms with Crippen LogP contribution >= 0.6 is 15.9 Å². The fourth-order valence-corrected chi connectivity index (χ4v) is 3.46. The molecule has 0 saturated heterocycles. The first-order chi connectivity index (χ1) is 9.39. The van der Waals surface area contributed by atoms with Crippen LogP contribution in [0, 0.1) is 11.7 Å². The summed E-state index contributed by atoms with van der Waals surface area (Å²) in [6.07, 6.45) is 1.62. The first-order valence-electron chi connectivity index (χ1n) is 6.90. The van der Waals surface area contributed by atoms with Crippen LogP contribution in [0.3, 0.4) is 0 Å². The molecule has 1 aliphatic rings. The zero-order chi connectivity index (χ0) is 14.8. The van der Waals surface area contributed by atoms with Crippen molar-refractivity contribution in [1.82, 2.24) is 5.32 Å². The predicted octanol–water partition coefficient (Wildman–Crippen LogP) is 4.54. The van der Waals surface area contributed by atoms with Crippen LogP contribution in [0.2, 0.25) is 0 Å². The second-order valence-electron chi connectivity index (χ2n) is 5.57. The third kappa shape index (κ3) is 4.22.